The number of ether oxygens (including phenoxy) is 4. The van der Waals surface area contributed by atoms with Crippen LogP contribution >= 0.6 is 0 Å². The van der Waals surface area contributed by atoms with E-state index in [1.807, 2.05) is 106 Å². The average molecular weight is 517 g/mol. The van der Waals surface area contributed by atoms with Gasteiger partial charge in [0.15, 0.2) is 11.5 Å². The Labute approximate surface area is 225 Å². The number of esters is 2. The predicted octanol–water partition coefficient (Wildman–Crippen LogP) is 7.16. The zero-order valence-electron chi connectivity index (χ0n) is 22.6. The second kappa shape index (κ2) is 14.0. The normalized spacial score (nSPS) is 11.3. The first kappa shape index (κ1) is 28.5. The first-order valence-electron chi connectivity index (χ1n) is 12.8. The van der Waals surface area contributed by atoms with Gasteiger partial charge in [0, 0.05) is 6.42 Å². The third-order valence-electron chi connectivity index (χ3n) is 5.51. The second-order valence-electron chi connectivity index (χ2n) is 9.78. The smallest absolute Gasteiger partial charge is 0.311 e. The van der Waals surface area contributed by atoms with Crippen LogP contribution in [0.5, 0.6) is 17.2 Å². The van der Waals surface area contributed by atoms with Crippen molar-refractivity contribution in [3.63, 3.8) is 0 Å². The lowest BCUT2D eigenvalue weighted by Gasteiger charge is -2.15. The van der Waals surface area contributed by atoms with Crippen LogP contribution in [0.3, 0.4) is 0 Å². The van der Waals surface area contributed by atoms with Crippen molar-refractivity contribution in [2.45, 2.75) is 47.1 Å². The molecule has 0 spiro atoms. The van der Waals surface area contributed by atoms with Gasteiger partial charge in [0.2, 0.25) is 0 Å². The van der Waals surface area contributed by atoms with Crippen molar-refractivity contribution in [1.82, 2.24) is 0 Å². The Morgan fingerprint density at radius 1 is 0.842 bits per heavy atom. The molecule has 0 aliphatic heterocycles. The molecule has 0 bridgehead atoms. The summed E-state index contributed by atoms with van der Waals surface area (Å²) in [5, 5.41) is 0. The molecule has 0 N–H and O–H groups in total. The largest absolute Gasteiger partial charge is 0.485 e. The zero-order chi connectivity index (χ0) is 27.4. The molecule has 0 fully saturated rings. The lowest BCUT2D eigenvalue weighted by Crippen LogP contribution is -2.22. The molecule has 0 aliphatic carbocycles. The monoisotopic (exact) mass is 516 g/mol. The van der Waals surface area contributed by atoms with Crippen LogP contribution in [0, 0.1) is 5.41 Å². The van der Waals surface area contributed by atoms with Gasteiger partial charge in [0.1, 0.15) is 19.0 Å². The van der Waals surface area contributed by atoms with Crippen molar-refractivity contribution in [3.8, 4) is 17.2 Å². The summed E-state index contributed by atoms with van der Waals surface area (Å²) in [7, 11) is 0. The van der Waals surface area contributed by atoms with Gasteiger partial charge in [-0.05, 0) is 81.1 Å². The van der Waals surface area contributed by atoms with Crippen molar-refractivity contribution < 1.29 is 28.5 Å². The van der Waals surface area contributed by atoms with E-state index in [1.54, 1.807) is 6.92 Å². The van der Waals surface area contributed by atoms with E-state index in [2.05, 4.69) is 0 Å². The lowest BCUT2D eigenvalue weighted by molar-refractivity contribution is -0.151. The summed E-state index contributed by atoms with van der Waals surface area (Å²) in [5.74, 6) is 1.36. The predicted molar refractivity (Wildman–Crippen MR) is 148 cm³/mol. The molecule has 3 rings (SSSR count). The Morgan fingerprint density at radius 3 is 2.26 bits per heavy atom. The number of rotatable bonds is 12. The summed E-state index contributed by atoms with van der Waals surface area (Å²) in [6.45, 7) is 8.26. The van der Waals surface area contributed by atoms with Gasteiger partial charge in [-0.3, -0.25) is 9.59 Å². The third-order valence-corrected chi connectivity index (χ3v) is 5.51. The highest BCUT2D eigenvalue weighted by Crippen LogP contribution is 2.34. The van der Waals surface area contributed by atoms with E-state index in [0.717, 1.165) is 16.7 Å². The molecule has 200 valence electrons. The number of aryl methyl sites for hydroxylation is 1. The van der Waals surface area contributed by atoms with Gasteiger partial charge >= 0.3 is 11.9 Å². The van der Waals surface area contributed by atoms with Gasteiger partial charge in [-0.15, -0.1) is 0 Å². The van der Waals surface area contributed by atoms with Crippen molar-refractivity contribution in [2.24, 2.45) is 5.41 Å². The minimum atomic E-state index is -0.521. The standard InChI is InChI=1S/C32H36O6/c1-5-35-30(33)20-16-25-15-19-28(37-23-26-10-7-6-8-11-26)29(22-25)38-27-17-13-24(14-18-27)12-9-21-36-31(34)32(2,3)4/h6-15,17-19,22H,5,16,20-21,23H2,1-4H3. The average Bonchev–Trinajstić information content (AvgIpc) is 2.90. The Kier molecular flexibility index (Phi) is 10.5. The van der Waals surface area contributed by atoms with Crippen LogP contribution in [0.25, 0.3) is 6.08 Å². The van der Waals surface area contributed by atoms with E-state index in [4.69, 9.17) is 18.9 Å². The molecular formula is C32H36O6. The molecule has 0 aliphatic rings. The Bertz CT molecular complexity index is 1210. The molecule has 3 aromatic rings. The molecule has 3 aromatic carbocycles. The van der Waals surface area contributed by atoms with E-state index in [1.165, 1.54) is 0 Å². The summed E-state index contributed by atoms with van der Waals surface area (Å²) < 4.78 is 22.6. The summed E-state index contributed by atoms with van der Waals surface area (Å²) in [6, 6.07) is 23.2. The van der Waals surface area contributed by atoms with E-state index < -0.39 is 5.41 Å². The molecule has 0 saturated heterocycles. The fourth-order valence-corrected chi connectivity index (χ4v) is 3.42. The molecule has 6 nitrogen and oxygen atoms in total. The quantitative estimate of drug-likeness (QED) is 0.238. The van der Waals surface area contributed by atoms with Crippen molar-refractivity contribution >= 4 is 18.0 Å². The van der Waals surface area contributed by atoms with Gasteiger partial charge < -0.3 is 18.9 Å². The molecule has 0 unspecified atom stereocenters. The third kappa shape index (κ3) is 9.43. The van der Waals surface area contributed by atoms with E-state index in [-0.39, 0.29) is 18.5 Å². The number of carbonyl (C=O) groups excluding carboxylic acids is 2. The highest BCUT2D eigenvalue weighted by atomic mass is 16.5. The molecule has 6 heteroatoms. The zero-order valence-corrected chi connectivity index (χ0v) is 22.6. The molecule has 0 radical (unpaired) electrons. The summed E-state index contributed by atoms with van der Waals surface area (Å²) >= 11 is 0. The molecule has 38 heavy (non-hydrogen) atoms. The van der Waals surface area contributed by atoms with Gasteiger partial charge in [-0.25, -0.2) is 0 Å². The Hall–Kier alpha value is -4.06. The molecular weight excluding hydrogens is 480 g/mol. The summed E-state index contributed by atoms with van der Waals surface area (Å²) in [4.78, 5) is 23.7. The van der Waals surface area contributed by atoms with E-state index in [0.29, 0.717) is 43.3 Å². The van der Waals surface area contributed by atoms with Crippen molar-refractivity contribution in [1.29, 1.82) is 0 Å². The van der Waals surface area contributed by atoms with Crippen LogP contribution in [0.1, 0.15) is 50.8 Å². The van der Waals surface area contributed by atoms with Crippen molar-refractivity contribution in [3.05, 3.63) is 95.6 Å². The van der Waals surface area contributed by atoms with Gasteiger partial charge in [-0.2, -0.15) is 0 Å². The first-order valence-corrected chi connectivity index (χ1v) is 12.8. The molecule has 0 heterocycles. The van der Waals surface area contributed by atoms with Crippen LogP contribution < -0.4 is 9.47 Å². The summed E-state index contributed by atoms with van der Waals surface area (Å²) in [5.41, 5.74) is 2.43. The maximum atomic E-state index is 11.9. The highest BCUT2D eigenvalue weighted by Gasteiger charge is 2.22. The fourth-order valence-electron chi connectivity index (χ4n) is 3.42. The van der Waals surface area contributed by atoms with E-state index >= 15 is 0 Å². The molecule has 0 atom stereocenters. The minimum Gasteiger partial charge on any atom is -0.485 e. The van der Waals surface area contributed by atoms with Crippen molar-refractivity contribution in [2.75, 3.05) is 13.2 Å². The van der Waals surface area contributed by atoms with Crippen LogP contribution in [0.2, 0.25) is 0 Å². The van der Waals surface area contributed by atoms with Crippen LogP contribution in [0.4, 0.5) is 0 Å². The number of hydrogen-bond donors (Lipinski definition) is 0. The number of carbonyl (C=O) groups is 2. The van der Waals surface area contributed by atoms with Gasteiger partial charge in [-0.1, -0.05) is 54.6 Å². The molecule has 0 saturated carbocycles. The van der Waals surface area contributed by atoms with Gasteiger partial charge in [0.25, 0.3) is 0 Å². The summed E-state index contributed by atoms with van der Waals surface area (Å²) in [6.07, 6.45) is 4.54. The van der Waals surface area contributed by atoms with Crippen LogP contribution in [-0.2, 0) is 32.1 Å². The Balaban J connectivity index is 1.68. The van der Waals surface area contributed by atoms with Crippen LogP contribution in [-0.4, -0.2) is 25.2 Å². The van der Waals surface area contributed by atoms with E-state index in [9.17, 15) is 9.59 Å². The van der Waals surface area contributed by atoms with Crippen LogP contribution in [0.15, 0.2) is 78.9 Å². The maximum Gasteiger partial charge on any atom is 0.311 e. The SMILES string of the molecule is CCOC(=O)CCc1ccc(OCc2ccccc2)c(Oc2ccc(C=CCOC(=O)C(C)(C)C)cc2)c1. The highest BCUT2D eigenvalue weighted by molar-refractivity contribution is 5.75. The number of benzene rings is 3. The fraction of sp³-hybridized carbons (Fsp3) is 0.312. The topological polar surface area (TPSA) is 71.1 Å². The lowest BCUT2D eigenvalue weighted by atomic mass is 9.97. The molecule has 0 amide bonds. The number of hydrogen-bond acceptors (Lipinski definition) is 6. The minimum absolute atomic E-state index is 0.217. The first-order chi connectivity index (χ1) is 18.2. The second-order valence-corrected chi connectivity index (χ2v) is 9.78. The molecule has 0 aromatic heterocycles. The Morgan fingerprint density at radius 2 is 1.58 bits per heavy atom. The maximum absolute atomic E-state index is 11.9. The van der Waals surface area contributed by atoms with Gasteiger partial charge in [0.05, 0.1) is 12.0 Å².